The van der Waals surface area contributed by atoms with Crippen molar-refractivity contribution in [3.05, 3.63) is 28.8 Å². The third kappa shape index (κ3) is 2.57. The number of hydrogen-bond donors (Lipinski definition) is 1. The highest BCUT2D eigenvalue weighted by atomic mass is 35.5. The maximum absolute atomic E-state index is 6.20. The first-order valence-electron chi connectivity index (χ1n) is 5.96. The molecule has 3 rings (SSSR count). The Labute approximate surface area is 106 Å². The van der Waals surface area contributed by atoms with E-state index in [1.54, 1.807) is 0 Å². The molecule has 92 valence electrons. The van der Waals surface area contributed by atoms with Crippen LogP contribution in [0.1, 0.15) is 18.4 Å². The zero-order valence-electron chi connectivity index (χ0n) is 9.62. The van der Waals surface area contributed by atoms with Crippen LogP contribution >= 0.6 is 11.6 Å². The van der Waals surface area contributed by atoms with Gasteiger partial charge < -0.3 is 15.2 Å². The molecular weight excluding hydrogens is 238 g/mol. The summed E-state index contributed by atoms with van der Waals surface area (Å²) >= 11 is 6.20. The van der Waals surface area contributed by atoms with Crippen molar-refractivity contribution in [1.82, 2.24) is 0 Å². The van der Waals surface area contributed by atoms with Crippen LogP contribution < -0.4 is 10.5 Å². The molecule has 1 aliphatic carbocycles. The topological polar surface area (TPSA) is 44.5 Å². The minimum atomic E-state index is 0.0213. The second-order valence-corrected chi connectivity index (χ2v) is 5.49. The van der Waals surface area contributed by atoms with Crippen molar-refractivity contribution in [3.63, 3.8) is 0 Å². The quantitative estimate of drug-likeness (QED) is 0.894. The van der Waals surface area contributed by atoms with E-state index in [4.69, 9.17) is 26.8 Å². The molecule has 0 radical (unpaired) electrons. The van der Waals surface area contributed by atoms with E-state index in [9.17, 15) is 0 Å². The lowest BCUT2D eigenvalue weighted by Gasteiger charge is -2.27. The van der Waals surface area contributed by atoms with Gasteiger partial charge in [-0.1, -0.05) is 17.7 Å². The molecule has 2 aliphatic rings. The van der Waals surface area contributed by atoms with Gasteiger partial charge in [0, 0.05) is 5.54 Å². The number of nitrogens with two attached hydrogens (primary N) is 1. The van der Waals surface area contributed by atoms with Crippen molar-refractivity contribution in [2.75, 3.05) is 13.2 Å². The third-order valence-corrected chi connectivity index (χ3v) is 3.64. The summed E-state index contributed by atoms with van der Waals surface area (Å²) in [4.78, 5) is 0. The molecule has 0 aromatic heterocycles. The van der Waals surface area contributed by atoms with Crippen LogP contribution in [0.2, 0.25) is 5.02 Å². The van der Waals surface area contributed by atoms with E-state index in [0.29, 0.717) is 18.2 Å². The number of halogens is 1. The average Bonchev–Trinajstić information content (AvgIpc) is 2.92. The van der Waals surface area contributed by atoms with Gasteiger partial charge in [0.1, 0.15) is 11.9 Å². The van der Waals surface area contributed by atoms with Crippen molar-refractivity contribution in [2.45, 2.75) is 30.9 Å². The molecule has 1 aromatic carbocycles. The van der Waals surface area contributed by atoms with Crippen molar-refractivity contribution in [3.8, 4) is 5.75 Å². The highest BCUT2D eigenvalue weighted by Gasteiger charge is 2.38. The second-order valence-electron chi connectivity index (χ2n) is 5.08. The molecule has 4 heteroatoms. The van der Waals surface area contributed by atoms with Crippen LogP contribution in [-0.2, 0) is 11.2 Å². The Hall–Kier alpha value is -0.770. The largest absolute Gasteiger partial charge is 0.484 e. The zero-order valence-corrected chi connectivity index (χ0v) is 10.4. The molecule has 1 aliphatic heterocycles. The first kappa shape index (κ1) is 11.3. The van der Waals surface area contributed by atoms with Crippen LogP contribution in [0, 0.1) is 0 Å². The summed E-state index contributed by atoms with van der Waals surface area (Å²) in [7, 11) is 0. The van der Waals surface area contributed by atoms with Crippen molar-refractivity contribution >= 4 is 11.6 Å². The lowest BCUT2D eigenvalue weighted by Crippen LogP contribution is -2.38. The lowest BCUT2D eigenvalue weighted by molar-refractivity contribution is -0.0796. The van der Waals surface area contributed by atoms with Gasteiger partial charge in [-0.2, -0.15) is 0 Å². The Bertz CT molecular complexity index is 427. The molecule has 1 heterocycles. The van der Waals surface area contributed by atoms with Gasteiger partial charge in [-0.05, 0) is 37.0 Å². The maximum atomic E-state index is 6.20. The molecule has 2 fully saturated rings. The molecule has 0 bridgehead atoms. The van der Waals surface area contributed by atoms with Crippen LogP contribution in [0.4, 0.5) is 0 Å². The van der Waals surface area contributed by atoms with E-state index < -0.39 is 0 Å². The molecule has 0 atom stereocenters. The van der Waals surface area contributed by atoms with Gasteiger partial charge in [0.15, 0.2) is 0 Å². The molecule has 17 heavy (non-hydrogen) atoms. The van der Waals surface area contributed by atoms with Crippen LogP contribution in [0.25, 0.3) is 0 Å². The molecule has 2 N–H and O–H groups in total. The molecule has 0 amide bonds. The summed E-state index contributed by atoms with van der Waals surface area (Å²) in [6, 6.07) is 5.94. The smallest absolute Gasteiger partial charge is 0.145 e. The fourth-order valence-corrected chi connectivity index (χ4v) is 2.20. The summed E-state index contributed by atoms with van der Waals surface area (Å²) in [6.45, 7) is 1.31. The zero-order chi connectivity index (χ0) is 11.9. The van der Waals surface area contributed by atoms with Crippen LogP contribution in [-0.4, -0.2) is 24.9 Å². The molecule has 1 saturated heterocycles. The van der Waals surface area contributed by atoms with Gasteiger partial charge in [0.2, 0.25) is 0 Å². The van der Waals surface area contributed by atoms with E-state index in [1.807, 2.05) is 18.2 Å². The first-order valence-corrected chi connectivity index (χ1v) is 6.34. The Kier molecular flexibility index (Phi) is 2.77. The summed E-state index contributed by atoms with van der Waals surface area (Å²) in [6.07, 6.45) is 3.28. The van der Waals surface area contributed by atoms with Crippen molar-refractivity contribution < 1.29 is 9.47 Å². The van der Waals surface area contributed by atoms with Gasteiger partial charge >= 0.3 is 0 Å². The molecule has 0 spiro atoms. The van der Waals surface area contributed by atoms with E-state index >= 15 is 0 Å². The normalized spacial score (nSPS) is 22.0. The number of rotatable bonds is 4. The van der Waals surface area contributed by atoms with Gasteiger partial charge in [0.05, 0.1) is 18.2 Å². The van der Waals surface area contributed by atoms with Gasteiger partial charge in [0.25, 0.3) is 0 Å². The van der Waals surface area contributed by atoms with Gasteiger partial charge in [-0.15, -0.1) is 0 Å². The lowest BCUT2D eigenvalue weighted by atomic mass is 10.1. The summed E-state index contributed by atoms with van der Waals surface area (Å²) in [5.41, 5.74) is 7.30. The Balaban J connectivity index is 1.69. The number of hydrogen-bond acceptors (Lipinski definition) is 3. The SMILES string of the molecule is NC1(Cc2ccc(OC3COC3)c(Cl)c2)CC1. The predicted octanol–water partition coefficient (Wildman–Crippen LogP) is 2.15. The monoisotopic (exact) mass is 253 g/mol. The fraction of sp³-hybridized carbons (Fsp3) is 0.538. The Morgan fingerprint density at radius 1 is 1.41 bits per heavy atom. The minimum Gasteiger partial charge on any atom is -0.484 e. The highest BCUT2D eigenvalue weighted by molar-refractivity contribution is 6.32. The maximum Gasteiger partial charge on any atom is 0.145 e. The summed E-state index contributed by atoms with van der Waals surface area (Å²) in [5.74, 6) is 0.741. The average molecular weight is 254 g/mol. The Morgan fingerprint density at radius 2 is 2.18 bits per heavy atom. The molecule has 1 aromatic rings. The van der Waals surface area contributed by atoms with Gasteiger partial charge in [-0.25, -0.2) is 0 Å². The molecule has 3 nitrogen and oxygen atoms in total. The predicted molar refractivity (Wildman–Crippen MR) is 66.5 cm³/mol. The summed E-state index contributed by atoms with van der Waals surface area (Å²) < 4.78 is 10.8. The van der Waals surface area contributed by atoms with Crippen molar-refractivity contribution in [2.24, 2.45) is 5.73 Å². The van der Waals surface area contributed by atoms with E-state index in [2.05, 4.69) is 0 Å². The molecular formula is C13H16ClNO2. The second kappa shape index (κ2) is 4.16. The molecule has 0 unspecified atom stereocenters. The standard InChI is InChI=1S/C13H16ClNO2/c14-11-5-9(6-13(15)3-4-13)1-2-12(11)17-10-7-16-8-10/h1-2,5,10H,3-4,6-8,15H2. The minimum absolute atomic E-state index is 0.0213. The third-order valence-electron chi connectivity index (χ3n) is 3.35. The fourth-order valence-electron chi connectivity index (χ4n) is 1.96. The highest BCUT2D eigenvalue weighted by Crippen LogP contribution is 2.37. The van der Waals surface area contributed by atoms with Crippen LogP contribution in [0.5, 0.6) is 5.75 Å². The van der Waals surface area contributed by atoms with E-state index in [-0.39, 0.29) is 11.6 Å². The van der Waals surface area contributed by atoms with Crippen molar-refractivity contribution in [1.29, 1.82) is 0 Å². The Morgan fingerprint density at radius 3 is 2.71 bits per heavy atom. The van der Waals surface area contributed by atoms with Crippen LogP contribution in [0.3, 0.4) is 0 Å². The first-order chi connectivity index (χ1) is 8.15. The van der Waals surface area contributed by atoms with E-state index in [0.717, 1.165) is 25.0 Å². The van der Waals surface area contributed by atoms with Crippen LogP contribution in [0.15, 0.2) is 18.2 Å². The van der Waals surface area contributed by atoms with E-state index in [1.165, 1.54) is 5.56 Å². The number of ether oxygens (including phenoxy) is 2. The number of benzene rings is 1. The summed E-state index contributed by atoms with van der Waals surface area (Å²) in [5, 5.41) is 0.665. The van der Waals surface area contributed by atoms with Gasteiger partial charge in [-0.3, -0.25) is 0 Å². The molecule has 1 saturated carbocycles.